The van der Waals surface area contributed by atoms with Gasteiger partial charge in [-0.1, -0.05) is 37.3 Å². The summed E-state index contributed by atoms with van der Waals surface area (Å²) in [7, 11) is -2.04. The zero-order chi connectivity index (χ0) is 18.7. The number of sulfonamides is 1. The zero-order valence-corrected chi connectivity index (χ0v) is 15.9. The second-order valence-corrected chi connectivity index (χ2v) is 7.91. The van der Waals surface area contributed by atoms with E-state index in [-0.39, 0.29) is 10.8 Å². The second-order valence-electron chi connectivity index (χ2n) is 6.29. The highest BCUT2D eigenvalue weighted by Gasteiger charge is 2.32. The minimum absolute atomic E-state index is 0.200. The van der Waals surface area contributed by atoms with E-state index < -0.39 is 10.0 Å². The molecule has 3 rings (SSSR count). The summed E-state index contributed by atoms with van der Waals surface area (Å²) in [5.74, 6) is 1.30. The Morgan fingerprint density at radius 1 is 1.08 bits per heavy atom. The smallest absolute Gasteiger partial charge is 0.264 e. The van der Waals surface area contributed by atoms with Crippen molar-refractivity contribution in [3.63, 3.8) is 0 Å². The molecule has 0 fully saturated rings. The lowest BCUT2D eigenvalue weighted by Gasteiger charge is -2.09. The third-order valence-corrected chi connectivity index (χ3v) is 5.98. The lowest BCUT2D eigenvalue weighted by atomic mass is 10.0. The van der Waals surface area contributed by atoms with Gasteiger partial charge in [0.05, 0.1) is 7.11 Å². The lowest BCUT2D eigenvalue weighted by Crippen LogP contribution is -2.24. The van der Waals surface area contributed by atoms with Crippen molar-refractivity contribution in [3.8, 4) is 5.75 Å². The Morgan fingerprint density at radius 3 is 2.35 bits per heavy atom. The van der Waals surface area contributed by atoms with E-state index in [0.717, 1.165) is 0 Å². The molecule has 5 nitrogen and oxygen atoms in total. The average molecular weight is 370 g/mol. The van der Waals surface area contributed by atoms with Crippen molar-refractivity contribution >= 4 is 20.8 Å². The third kappa shape index (κ3) is 3.65. The van der Waals surface area contributed by atoms with Crippen LogP contribution < -0.4 is 9.46 Å². The fraction of sp³-hybridized carbons (Fsp3) is 0.250. The van der Waals surface area contributed by atoms with Crippen molar-refractivity contribution in [1.82, 2.24) is 4.72 Å². The monoisotopic (exact) mass is 370 g/mol. The molecule has 2 aromatic rings. The first-order valence-electron chi connectivity index (χ1n) is 8.40. The third-order valence-electron chi connectivity index (χ3n) is 4.44. The van der Waals surface area contributed by atoms with Gasteiger partial charge < -0.3 is 4.74 Å². The number of nitrogens with zero attached hydrogens (tertiary/aromatic N) is 1. The molecule has 0 amide bonds. The van der Waals surface area contributed by atoms with Crippen LogP contribution in [-0.2, 0) is 10.0 Å². The predicted octanol–water partition coefficient (Wildman–Crippen LogP) is 3.56. The van der Waals surface area contributed by atoms with Crippen LogP contribution in [-0.4, -0.2) is 27.9 Å². The molecular formula is C20H22N2O3S. The predicted molar refractivity (Wildman–Crippen MR) is 105 cm³/mol. The SMILES string of the molecule is COc1ccc(C2=C(C)C(=NCC(C)c3ccccc3)NS2(=O)=O)cc1. The van der Waals surface area contributed by atoms with Gasteiger partial charge in [0.25, 0.3) is 10.0 Å². The van der Waals surface area contributed by atoms with Gasteiger partial charge in [0, 0.05) is 18.0 Å². The Hall–Kier alpha value is -2.60. The number of nitrogens with one attached hydrogen (secondary N) is 1. The maximum atomic E-state index is 12.6. The molecule has 136 valence electrons. The first-order valence-corrected chi connectivity index (χ1v) is 9.88. The molecule has 0 radical (unpaired) electrons. The van der Waals surface area contributed by atoms with E-state index in [0.29, 0.717) is 29.3 Å². The van der Waals surface area contributed by atoms with Gasteiger partial charge in [-0.05, 0) is 42.3 Å². The van der Waals surface area contributed by atoms with Gasteiger partial charge in [-0.25, -0.2) is 8.42 Å². The van der Waals surface area contributed by atoms with Crippen LogP contribution in [0.1, 0.15) is 30.9 Å². The van der Waals surface area contributed by atoms with E-state index in [1.807, 2.05) is 18.2 Å². The Labute approximate surface area is 154 Å². The molecule has 1 aliphatic heterocycles. The molecule has 0 aromatic heterocycles. The van der Waals surface area contributed by atoms with Crippen molar-refractivity contribution in [2.45, 2.75) is 19.8 Å². The van der Waals surface area contributed by atoms with Crippen molar-refractivity contribution in [3.05, 3.63) is 71.3 Å². The van der Waals surface area contributed by atoms with Crippen LogP contribution in [0.15, 0.2) is 65.2 Å². The molecule has 0 bridgehead atoms. The van der Waals surface area contributed by atoms with Crippen LogP contribution >= 0.6 is 0 Å². The van der Waals surface area contributed by atoms with Crippen LogP contribution in [0, 0.1) is 0 Å². The Balaban J connectivity index is 1.88. The summed E-state index contributed by atoms with van der Waals surface area (Å²) >= 11 is 0. The molecule has 1 unspecified atom stereocenters. The van der Waals surface area contributed by atoms with E-state index in [1.165, 1.54) is 5.56 Å². The fourth-order valence-corrected chi connectivity index (χ4v) is 4.46. The molecule has 2 aromatic carbocycles. The van der Waals surface area contributed by atoms with Gasteiger partial charge in [0.1, 0.15) is 16.5 Å². The molecule has 0 aliphatic carbocycles. The fourth-order valence-electron chi connectivity index (χ4n) is 2.94. The van der Waals surface area contributed by atoms with Gasteiger partial charge in [0.2, 0.25) is 0 Å². The maximum absolute atomic E-state index is 12.6. The Kier molecular flexibility index (Phi) is 5.13. The molecule has 1 N–H and O–H groups in total. The minimum Gasteiger partial charge on any atom is -0.497 e. The summed E-state index contributed by atoms with van der Waals surface area (Å²) in [6.07, 6.45) is 0. The number of methoxy groups -OCH3 is 1. The number of ether oxygens (including phenoxy) is 1. The van der Waals surface area contributed by atoms with Crippen molar-refractivity contribution < 1.29 is 13.2 Å². The zero-order valence-electron chi connectivity index (χ0n) is 15.1. The number of rotatable bonds is 5. The first kappa shape index (κ1) is 18.2. The van der Waals surface area contributed by atoms with E-state index in [1.54, 1.807) is 38.3 Å². The van der Waals surface area contributed by atoms with Gasteiger partial charge in [0.15, 0.2) is 0 Å². The summed E-state index contributed by atoms with van der Waals surface area (Å²) in [4.78, 5) is 4.80. The largest absolute Gasteiger partial charge is 0.497 e. The lowest BCUT2D eigenvalue weighted by molar-refractivity contribution is 0.415. The van der Waals surface area contributed by atoms with E-state index >= 15 is 0 Å². The molecular weight excluding hydrogens is 348 g/mol. The van der Waals surface area contributed by atoms with Crippen molar-refractivity contribution in [2.75, 3.05) is 13.7 Å². The molecule has 0 saturated heterocycles. The molecule has 0 spiro atoms. The number of amidine groups is 1. The number of hydrogen-bond acceptors (Lipinski definition) is 4. The highest BCUT2D eigenvalue weighted by Crippen LogP contribution is 2.31. The maximum Gasteiger partial charge on any atom is 0.264 e. The normalized spacial score (nSPS) is 18.7. The minimum atomic E-state index is -3.61. The summed E-state index contributed by atoms with van der Waals surface area (Å²) in [5.41, 5.74) is 2.43. The number of aliphatic imine (C=N–C) groups is 1. The highest BCUT2D eigenvalue weighted by molar-refractivity contribution is 8.00. The number of benzene rings is 2. The quantitative estimate of drug-likeness (QED) is 0.875. The Bertz CT molecular complexity index is 946. The van der Waals surface area contributed by atoms with Gasteiger partial charge in [-0.3, -0.25) is 9.71 Å². The van der Waals surface area contributed by atoms with Gasteiger partial charge >= 0.3 is 0 Å². The van der Waals surface area contributed by atoms with Crippen molar-refractivity contribution in [2.24, 2.45) is 4.99 Å². The molecule has 1 atom stereocenters. The van der Waals surface area contributed by atoms with Crippen LogP contribution in [0.2, 0.25) is 0 Å². The molecule has 6 heteroatoms. The van der Waals surface area contributed by atoms with Crippen LogP contribution in [0.3, 0.4) is 0 Å². The Morgan fingerprint density at radius 2 is 1.73 bits per heavy atom. The summed E-state index contributed by atoms with van der Waals surface area (Å²) in [5, 5.41) is 0. The van der Waals surface area contributed by atoms with E-state index in [4.69, 9.17) is 4.74 Å². The van der Waals surface area contributed by atoms with Crippen LogP contribution in [0.25, 0.3) is 4.91 Å². The molecule has 1 aliphatic rings. The summed E-state index contributed by atoms with van der Waals surface area (Å²) in [6, 6.07) is 17.0. The summed E-state index contributed by atoms with van der Waals surface area (Å²) in [6.45, 7) is 4.37. The standard InChI is InChI=1S/C20H22N2O3S/c1-14(16-7-5-4-6-8-16)13-21-20-15(2)19(26(23,24)22-20)17-9-11-18(25-3)12-10-17/h4-12,14H,13H2,1-3H3,(H,21,22). The van der Waals surface area contributed by atoms with E-state index in [9.17, 15) is 8.42 Å². The molecule has 26 heavy (non-hydrogen) atoms. The first-order chi connectivity index (χ1) is 12.4. The van der Waals surface area contributed by atoms with Gasteiger partial charge in [-0.15, -0.1) is 0 Å². The number of hydrogen-bond donors (Lipinski definition) is 1. The second kappa shape index (κ2) is 7.33. The van der Waals surface area contributed by atoms with Gasteiger partial charge in [-0.2, -0.15) is 0 Å². The molecule has 0 saturated carbocycles. The molecule has 1 heterocycles. The van der Waals surface area contributed by atoms with E-state index in [2.05, 4.69) is 28.8 Å². The highest BCUT2D eigenvalue weighted by atomic mass is 32.2. The summed E-state index contributed by atoms with van der Waals surface area (Å²) < 4.78 is 32.9. The van der Waals surface area contributed by atoms with Crippen LogP contribution in [0.5, 0.6) is 5.75 Å². The van der Waals surface area contributed by atoms with Crippen molar-refractivity contribution in [1.29, 1.82) is 0 Å². The average Bonchev–Trinajstić information content (AvgIpc) is 2.89. The topological polar surface area (TPSA) is 67.8 Å². The van der Waals surface area contributed by atoms with Crippen LogP contribution in [0.4, 0.5) is 0 Å².